The first-order valence-electron chi connectivity index (χ1n) is 24.8. The Balaban J connectivity index is 0.854. The van der Waals surface area contributed by atoms with Crippen LogP contribution in [0.5, 0.6) is 0 Å². The van der Waals surface area contributed by atoms with E-state index in [9.17, 15) is 0 Å². The molecule has 0 aliphatic heterocycles. The molecule has 1 fully saturated rings. The van der Waals surface area contributed by atoms with Crippen LogP contribution in [0.3, 0.4) is 0 Å². The highest BCUT2D eigenvalue weighted by molar-refractivity contribution is 7.25. The van der Waals surface area contributed by atoms with Gasteiger partial charge in [0.2, 0.25) is 0 Å². The molecule has 0 N–H and O–H groups in total. The van der Waals surface area contributed by atoms with Crippen LogP contribution in [0, 0.1) is 0 Å². The number of hydrogen-bond acceptors (Lipinski definition) is 1. The number of allylic oxidation sites excluding steroid dienone is 1. The van der Waals surface area contributed by atoms with Crippen molar-refractivity contribution in [2.24, 2.45) is 0 Å². The highest BCUT2D eigenvalue weighted by Gasteiger charge is 2.45. The van der Waals surface area contributed by atoms with E-state index < -0.39 is 0 Å². The molecule has 0 spiro atoms. The first-order chi connectivity index (χ1) is 35.2. The van der Waals surface area contributed by atoms with Gasteiger partial charge in [0, 0.05) is 58.5 Å². The number of rotatable bonds is 5. The van der Waals surface area contributed by atoms with E-state index in [1.54, 1.807) is 0 Å². The van der Waals surface area contributed by atoms with Gasteiger partial charge in [0.05, 0.1) is 21.9 Å². The first kappa shape index (κ1) is 39.2. The summed E-state index contributed by atoms with van der Waals surface area (Å²) in [5, 5.41) is 11.1. The van der Waals surface area contributed by atoms with Gasteiger partial charge >= 0.3 is 0 Å². The third-order valence-corrected chi connectivity index (χ3v) is 17.0. The molecule has 3 aliphatic carbocycles. The van der Waals surface area contributed by atoms with E-state index in [1.165, 1.54) is 120 Å². The quantitative estimate of drug-likeness (QED) is 0.152. The van der Waals surface area contributed by atoms with Crippen LogP contribution in [-0.2, 0) is 0 Å². The Kier molecular flexibility index (Phi) is 8.21. The second-order valence-electron chi connectivity index (χ2n) is 19.7. The SMILES string of the molecule is C1=CC=c2c(c3cc(-c4ccccc4)ccc3n2-c2ccc3sc4ccccc4c3c2)=CC=1c1ccc2c(c1)c1c3ccccc3ccc1n2-c1ccc(-c2ccc3c(c2)-c2ccccc2C2CC32)cc1. The molecule has 0 amide bonds. The smallest absolute Gasteiger partial charge is 0.0547 e. The Hall–Kier alpha value is -8.72. The van der Waals surface area contributed by atoms with Crippen molar-refractivity contribution in [3.05, 3.63) is 251 Å². The van der Waals surface area contributed by atoms with E-state index >= 15 is 0 Å². The molecule has 3 heterocycles. The Bertz CT molecular complexity index is 4650. The van der Waals surface area contributed by atoms with Crippen LogP contribution in [-0.4, -0.2) is 9.13 Å². The van der Waals surface area contributed by atoms with Crippen molar-refractivity contribution in [2.75, 3.05) is 0 Å². The highest BCUT2D eigenvalue weighted by atomic mass is 32.1. The molecule has 71 heavy (non-hydrogen) atoms. The largest absolute Gasteiger partial charge is 0.309 e. The van der Waals surface area contributed by atoms with Gasteiger partial charge in [-0.1, -0.05) is 140 Å². The van der Waals surface area contributed by atoms with Crippen LogP contribution in [0.15, 0.2) is 224 Å². The van der Waals surface area contributed by atoms with Gasteiger partial charge in [-0.25, -0.2) is 0 Å². The molecule has 3 heteroatoms. The summed E-state index contributed by atoms with van der Waals surface area (Å²) >= 11 is 1.86. The minimum absolute atomic E-state index is 0.668. The monoisotopic (exact) mass is 918 g/mol. The van der Waals surface area contributed by atoms with Crippen LogP contribution in [0.2, 0.25) is 0 Å². The van der Waals surface area contributed by atoms with Gasteiger partial charge in [-0.2, -0.15) is 0 Å². The van der Waals surface area contributed by atoms with E-state index in [1.807, 2.05) is 11.3 Å². The lowest BCUT2D eigenvalue weighted by molar-refractivity contribution is 1.01. The summed E-state index contributed by atoms with van der Waals surface area (Å²) in [7, 11) is 0. The molecule has 3 aliphatic rings. The fourth-order valence-electron chi connectivity index (χ4n) is 12.4. The maximum atomic E-state index is 3.77. The van der Waals surface area contributed by atoms with E-state index in [0.717, 1.165) is 27.9 Å². The number of fused-ring (bicyclic) bond motifs is 17. The Morgan fingerprint density at radius 1 is 0.423 bits per heavy atom. The predicted molar refractivity (Wildman–Crippen MR) is 301 cm³/mol. The van der Waals surface area contributed by atoms with Gasteiger partial charge in [0.1, 0.15) is 0 Å². The third-order valence-electron chi connectivity index (χ3n) is 15.9. The van der Waals surface area contributed by atoms with Crippen molar-refractivity contribution in [2.45, 2.75) is 18.3 Å². The van der Waals surface area contributed by atoms with Crippen molar-refractivity contribution in [1.82, 2.24) is 9.13 Å². The van der Waals surface area contributed by atoms with E-state index in [4.69, 9.17) is 0 Å². The molecule has 0 radical (unpaired) electrons. The number of aromatic nitrogens is 2. The highest BCUT2D eigenvalue weighted by Crippen LogP contribution is 2.62. The molecular weight excluding hydrogens is 877 g/mol. The van der Waals surface area contributed by atoms with Crippen LogP contribution < -0.4 is 10.6 Å². The molecule has 13 aromatic rings. The molecule has 2 atom stereocenters. The Labute approximate surface area is 413 Å². The van der Waals surface area contributed by atoms with Gasteiger partial charge in [0.15, 0.2) is 0 Å². The second kappa shape index (κ2) is 14.9. The fraction of sp³-hybridized carbons (Fsp3) is 0.0441. The van der Waals surface area contributed by atoms with Gasteiger partial charge in [-0.15, -0.1) is 17.1 Å². The predicted octanol–water partition coefficient (Wildman–Crippen LogP) is 16.6. The number of nitrogens with zero attached hydrogens (tertiary/aromatic N) is 2. The first-order valence-corrected chi connectivity index (χ1v) is 25.6. The average Bonchev–Trinajstić information content (AvgIpc) is 4.03. The molecule has 0 bridgehead atoms. The van der Waals surface area contributed by atoms with E-state index in [-0.39, 0.29) is 0 Å². The lowest BCUT2D eigenvalue weighted by atomic mass is 9.84. The summed E-state index contributed by atoms with van der Waals surface area (Å²) in [6, 6.07) is 79.3. The zero-order valence-corrected chi connectivity index (χ0v) is 39.4. The molecule has 2 unspecified atom stereocenters. The number of hydrogen-bond donors (Lipinski definition) is 0. The van der Waals surface area contributed by atoms with E-state index in [0.29, 0.717) is 11.8 Å². The van der Waals surface area contributed by atoms with Crippen LogP contribution in [0.1, 0.15) is 34.9 Å². The molecule has 0 saturated heterocycles. The average molecular weight is 919 g/mol. The maximum absolute atomic E-state index is 3.77. The van der Waals surface area contributed by atoms with Crippen molar-refractivity contribution in [3.8, 4) is 44.8 Å². The standard InChI is InChI=1S/C68H42N2S/c1-2-11-41(12-3-1)46-25-31-63-59(37-46)58-36-44(14-10-19-62(58)70(63)49-29-34-67-60(39-49)54-18-8-9-20-66(54)71-67)47-26-32-64-61(38-47)68-50-15-5-4-13-43(50)24-33-65(68)69(64)48-27-21-42(22-28-48)45-23-30-53-55(35-45)51-16-6-7-17-52(51)56-40-57(53)56/h1-13,15-39,56-57H,40H2. The van der Waals surface area contributed by atoms with Crippen molar-refractivity contribution < 1.29 is 0 Å². The maximum Gasteiger partial charge on any atom is 0.0547 e. The van der Waals surface area contributed by atoms with Crippen LogP contribution in [0.25, 0.3) is 126 Å². The molecule has 1 saturated carbocycles. The van der Waals surface area contributed by atoms with Gasteiger partial charge in [-0.3, -0.25) is 0 Å². The number of benzene rings is 10. The molecule has 16 rings (SSSR count). The van der Waals surface area contributed by atoms with Crippen molar-refractivity contribution >= 4 is 92.7 Å². The summed E-state index contributed by atoms with van der Waals surface area (Å²) in [5.74, 6) is 1.36. The lowest BCUT2D eigenvalue weighted by Gasteiger charge is -2.20. The molecule has 10 aromatic carbocycles. The topological polar surface area (TPSA) is 9.86 Å². The summed E-state index contributed by atoms with van der Waals surface area (Å²) in [6.45, 7) is 0. The summed E-state index contributed by atoms with van der Waals surface area (Å²) < 4.78 is 7.52. The molecule has 330 valence electrons. The third kappa shape index (κ3) is 5.89. The fourth-order valence-corrected chi connectivity index (χ4v) is 13.5. The molecule has 3 aromatic heterocycles. The van der Waals surface area contributed by atoms with Gasteiger partial charge in [-0.05, 0) is 170 Å². The minimum atomic E-state index is 0.668. The van der Waals surface area contributed by atoms with Gasteiger partial charge in [0.25, 0.3) is 0 Å². The summed E-state index contributed by atoms with van der Waals surface area (Å²) in [5.41, 5.74) is 22.6. The Morgan fingerprint density at radius 2 is 1.08 bits per heavy atom. The van der Waals surface area contributed by atoms with Crippen LogP contribution >= 0.6 is 11.3 Å². The molecular formula is C68H42N2S. The summed E-state index contributed by atoms with van der Waals surface area (Å²) in [6.07, 6.45) is 8.02. The zero-order valence-electron chi connectivity index (χ0n) is 38.6. The van der Waals surface area contributed by atoms with Crippen molar-refractivity contribution in [3.63, 3.8) is 0 Å². The van der Waals surface area contributed by atoms with Crippen LogP contribution in [0.4, 0.5) is 0 Å². The lowest BCUT2D eigenvalue weighted by Crippen LogP contribution is -2.28. The molecule has 2 nitrogen and oxygen atoms in total. The van der Waals surface area contributed by atoms with Crippen molar-refractivity contribution in [1.29, 1.82) is 0 Å². The normalized spacial score (nSPS) is 15.6. The zero-order chi connectivity index (χ0) is 46.3. The minimum Gasteiger partial charge on any atom is -0.309 e. The van der Waals surface area contributed by atoms with Gasteiger partial charge < -0.3 is 9.13 Å². The number of thiophene rings is 1. The Morgan fingerprint density at radius 3 is 1.99 bits per heavy atom. The van der Waals surface area contributed by atoms with E-state index in [2.05, 4.69) is 245 Å². The second-order valence-corrected chi connectivity index (χ2v) is 20.8. The summed E-state index contributed by atoms with van der Waals surface area (Å²) in [4.78, 5) is 0.